The van der Waals surface area contributed by atoms with Crippen LogP contribution in [0, 0.1) is 75.9 Å². The van der Waals surface area contributed by atoms with Crippen LogP contribution in [-0.4, -0.2) is 29.3 Å². The van der Waals surface area contributed by atoms with Gasteiger partial charge in [-0.2, -0.15) is 10.5 Å². The van der Waals surface area contributed by atoms with Gasteiger partial charge in [-0.1, -0.05) is 94.8 Å². The van der Waals surface area contributed by atoms with Crippen molar-refractivity contribution in [3.63, 3.8) is 0 Å². The summed E-state index contributed by atoms with van der Waals surface area (Å²) in [7, 11) is 0. The standard InChI is InChI=1S/C47H51N5O/c1-31-13-14-37(43(33(31)3)21-19-41-17-15-38(28-51-41)45-11-7-5-9-35(45)24-48)26-50-27-40-23-32(2)34(4)44(47(40)30-53)22-20-42-18-16-39(29-52-42)46-12-8-6-10-36(46)25-49/h5-12,15-22,28-34,37,40,43-44,47,50H,13-14,23,26-27H2,1-4H3/t31-,32-,33+,34+,37-,40?,43-,44-,47?/m0/s1. The van der Waals surface area contributed by atoms with Gasteiger partial charge in [0.2, 0.25) is 0 Å². The second-order valence-corrected chi connectivity index (χ2v) is 15.5. The molecule has 2 heterocycles. The van der Waals surface area contributed by atoms with E-state index in [1.807, 2.05) is 79.1 Å². The van der Waals surface area contributed by atoms with Crippen LogP contribution >= 0.6 is 0 Å². The van der Waals surface area contributed by atoms with E-state index in [0.29, 0.717) is 46.6 Å². The van der Waals surface area contributed by atoms with E-state index in [4.69, 9.17) is 4.98 Å². The smallest absolute Gasteiger partial charge is 0.123 e. The summed E-state index contributed by atoms with van der Waals surface area (Å²) in [5.41, 5.74) is 6.71. The topological polar surface area (TPSA) is 102 Å². The molecule has 0 amide bonds. The number of allylic oxidation sites excluding steroid dienone is 2. The number of benzene rings is 2. The molecule has 0 radical (unpaired) electrons. The molecule has 2 fully saturated rings. The average molecular weight is 702 g/mol. The van der Waals surface area contributed by atoms with Gasteiger partial charge in [0.25, 0.3) is 0 Å². The number of pyridine rings is 2. The van der Waals surface area contributed by atoms with Crippen molar-refractivity contribution in [3.8, 4) is 34.4 Å². The maximum absolute atomic E-state index is 12.7. The summed E-state index contributed by atoms with van der Waals surface area (Å²) in [6, 6.07) is 27.9. The Morgan fingerprint density at radius 1 is 0.660 bits per heavy atom. The number of hydrogen-bond acceptors (Lipinski definition) is 6. The van der Waals surface area contributed by atoms with Crippen LogP contribution in [0.15, 0.2) is 97.3 Å². The van der Waals surface area contributed by atoms with Crippen molar-refractivity contribution >= 4 is 18.4 Å². The molecule has 270 valence electrons. The van der Waals surface area contributed by atoms with Gasteiger partial charge in [-0.15, -0.1) is 0 Å². The molecule has 0 spiro atoms. The molecule has 2 saturated carbocycles. The third-order valence-electron chi connectivity index (χ3n) is 12.4. The molecule has 0 bridgehead atoms. The molecule has 1 N–H and O–H groups in total. The Morgan fingerprint density at radius 2 is 1.19 bits per heavy atom. The zero-order valence-electron chi connectivity index (χ0n) is 31.4. The lowest BCUT2D eigenvalue weighted by atomic mass is 9.63. The minimum atomic E-state index is -0.0538. The van der Waals surface area contributed by atoms with Gasteiger partial charge in [-0.3, -0.25) is 9.97 Å². The van der Waals surface area contributed by atoms with E-state index in [-0.39, 0.29) is 17.8 Å². The van der Waals surface area contributed by atoms with Crippen LogP contribution < -0.4 is 5.32 Å². The molecular formula is C47H51N5O. The highest BCUT2D eigenvalue weighted by molar-refractivity contribution is 5.71. The number of aldehydes is 1. The number of nitrogens with zero attached hydrogens (tertiary/aromatic N) is 4. The van der Waals surface area contributed by atoms with Crippen LogP contribution in [0.3, 0.4) is 0 Å². The summed E-state index contributed by atoms with van der Waals surface area (Å²) in [5, 5.41) is 22.9. The average Bonchev–Trinajstić information content (AvgIpc) is 3.20. The van der Waals surface area contributed by atoms with E-state index >= 15 is 0 Å². The molecule has 2 aromatic carbocycles. The Hall–Kier alpha value is -5.17. The molecule has 0 saturated heterocycles. The molecule has 6 heteroatoms. The molecule has 2 unspecified atom stereocenters. The first kappa shape index (κ1) is 37.6. The lowest BCUT2D eigenvalue weighted by Gasteiger charge is -2.43. The van der Waals surface area contributed by atoms with Crippen molar-refractivity contribution in [2.24, 2.45) is 53.3 Å². The summed E-state index contributed by atoms with van der Waals surface area (Å²) in [6.07, 6.45) is 17.2. The fraction of sp³-hybridized carbons (Fsp3) is 0.383. The molecule has 9 atom stereocenters. The van der Waals surface area contributed by atoms with E-state index in [9.17, 15) is 15.3 Å². The van der Waals surface area contributed by atoms with Crippen molar-refractivity contribution in [1.29, 1.82) is 10.5 Å². The Morgan fingerprint density at radius 3 is 1.72 bits per heavy atom. The first-order chi connectivity index (χ1) is 25.8. The fourth-order valence-electron chi connectivity index (χ4n) is 8.79. The Bertz CT molecular complexity index is 1990. The summed E-state index contributed by atoms with van der Waals surface area (Å²) in [5.74, 6) is 3.41. The third kappa shape index (κ3) is 8.73. The first-order valence-corrected chi connectivity index (χ1v) is 19.2. The summed E-state index contributed by atoms with van der Waals surface area (Å²) >= 11 is 0. The monoisotopic (exact) mass is 701 g/mol. The highest BCUT2D eigenvalue weighted by atomic mass is 16.1. The van der Waals surface area contributed by atoms with Crippen LogP contribution in [0.1, 0.15) is 69.5 Å². The SMILES string of the molecule is C[C@H]1[C@H](C=Cc2ccc(-c3ccccc3C#N)cn2)[C@H](CNCC2C[C@H](C)[C@@H](C)[C@H](C=Cc3ccc(-c4ccccc4C#N)cn3)C2C=O)CC[C@@H]1C. The van der Waals surface area contributed by atoms with Gasteiger partial charge in [-0.05, 0) is 110 Å². The van der Waals surface area contributed by atoms with E-state index in [1.54, 1.807) is 0 Å². The highest BCUT2D eigenvalue weighted by Crippen LogP contribution is 2.43. The highest BCUT2D eigenvalue weighted by Gasteiger charge is 2.40. The van der Waals surface area contributed by atoms with Crippen LogP contribution in [0.25, 0.3) is 34.4 Å². The van der Waals surface area contributed by atoms with E-state index in [2.05, 4.69) is 80.5 Å². The fourth-order valence-corrected chi connectivity index (χ4v) is 8.79. The molecule has 2 aliphatic carbocycles. The van der Waals surface area contributed by atoms with Crippen LogP contribution in [0.5, 0.6) is 0 Å². The van der Waals surface area contributed by atoms with Crippen molar-refractivity contribution in [2.45, 2.75) is 47.0 Å². The number of carbonyl (C=O) groups excluding carboxylic acids is 1. The minimum Gasteiger partial charge on any atom is -0.316 e. The number of nitrogens with one attached hydrogen (secondary N) is 1. The van der Waals surface area contributed by atoms with Crippen molar-refractivity contribution in [3.05, 3.63) is 120 Å². The molecule has 6 rings (SSSR count). The number of hydrogen-bond donors (Lipinski definition) is 1. The van der Waals surface area contributed by atoms with Crippen LogP contribution in [0.4, 0.5) is 0 Å². The van der Waals surface area contributed by atoms with Gasteiger partial charge in [0.15, 0.2) is 0 Å². The molecule has 4 aromatic rings. The van der Waals surface area contributed by atoms with E-state index in [1.165, 1.54) is 19.1 Å². The zero-order valence-corrected chi connectivity index (χ0v) is 31.4. The molecule has 6 nitrogen and oxygen atoms in total. The second-order valence-electron chi connectivity index (χ2n) is 15.5. The normalized spacial score (nSPS) is 27.3. The number of rotatable bonds is 11. The Labute approximate surface area is 315 Å². The number of carbonyl (C=O) groups is 1. The van der Waals surface area contributed by atoms with Gasteiger partial charge in [-0.25, -0.2) is 0 Å². The molecule has 53 heavy (non-hydrogen) atoms. The van der Waals surface area contributed by atoms with Gasteiger partial charge < -0.3 is 10.1 Å². The van der Waals surface area contributed by atoms with Gasteiger partial charge >= 0.3 is 0 Å². The molecule has 0 aliphatic heterocycles. The summed E-state index contributed by atoms with van der Waals surface area (Å²) in [6.45, 7) is 11.1. The van der Waals surface area contributed by atoms with Crippen molar-refractivity contribution in [2.75, 3.05) is 13.1 Å². The molecule has 2 aliphatic rings. The lowest BCUT2D eigenvalue weighted by Crippen LogP contribution is -2.44. The van der Waals surface area contributed by atoms with Gasteiger partial charge in [0.1, 0.15) is 6.29 Å². The van der Waals surface area contributed by atoms with Crippen LogP contribution in [0.2, 0.25) is 0 Å². The summed E-state index contributed by atoms with van der Waals surface area (Å²) < 4.78 is 0. The predicted molar refractivity (Wildman–Crippen MR) is 214 cm³/mol. The predicted octanol–water partition coefficient (Wildman–Crippen LogP) is 9.89. The van der Waals surface area contributed by atoms with Gasteiger partial charge in [0.05, 0.1) is 34.7 Å². The van der Waals surface area contributed by atoms with Crippen LogP contribution in [-0.2, 0) is 4.79 Å². The maximum Gasteiger partial charge on any atom is 0.123 e. The second kappa shape index (κ2) is 17.6. The third-order valence-corrected chi connectivity index (χ3v) is 12.4. The Balaban J connectivity index is 1.09. The largest absolute Gasteiger partial charge is 0.316 e. The molecular weight excluding hydrogens is 651 g/mol. The number of nitriles is 2. The van der Waals surface area contributed by atoms with Crippen molar-refractivity contribution in [1.82, 2.24) is 15.3 Å². The van der Waals surface area contributed by atoms with Gasteiger partial charge in [0, 0.05) is 40.6 Å². The first-order valence-electron chi connectivity index (χ1n) is 19.2. The van der Waals surface area contributed by atoms with E-state index in [0.717, 1.165) is 53.2 Å². The zero-order chi connectivity index (χ0) is 37.3. The number of aromatic nitrogens is 2. The summed E-state index contributed by atoms with van der Waals surface area (Å²) in [4.78, 5) is 22.1. The van der Waals surface area contributed by atoms with Crippen molar-refractivity contribution < 1.29 is 4.79 Å². The minimum absolute atomic E-state index is 0.0538. The lowest BCUT2D eigenvalue weighted by molar-refractivity contribution is -0.116. The maximum atomic E-state index is 12.7. The Kier molecular flexibility index (Phi) is 12.5. The molecule has 2 aromatic heterocycles. The quantitative estimate of drug-likeness (QED) is 0.156. The van der Waals surface area contributed by atoms with E-state index < -0.39 is 0 Å².